The Morgan fingerprint density at radius 3 is 2.92 bits per heavy atom. The zero-order chi connectivity index (χ0) is 16.9. The molecule has 0 aliphatic heterocycles. The molecular formula is C17H15ClN2O2S2. The molecule has 24 heavy (non-hydrogen) atoms. The van der Waals surface area contributed by atoms with E-state index in [1.807, 2.05) is 48.7 Å². The third-order valence-corrected chi connectivity index (χ3v) is 5.48. The van der Waals surface area contributed by atoms with Gasteiger partial charge in [-0.15, -0.1) is 23.1 Å². The molecule has 0 spiro atoms. The fourth-order valence-electron chi connectivity index (χ4n) is 2.03. The maximum Gasteiger partial charge on any atom is 0.230 e. The summed E-state index contributed by atoms with van der Waals surface area (Å²) in [6, 6.07) is 11.2. The van der Waals surface area contributed by atoms with Gasteiger partial charge in [-0.1, -0.05) is 23.7 Å². The Hall–Kier alpha value is -1.76. The van der Waals surface area contributed by atoms with Crippen LogP contribution in [0.1, 0.15) is 10.8 Å². The largest absolute Gasteiger partial charge is 0.458 e. The maximum atomic E-state index is 12.0. The topological polar surface area (TPSA) is 55.1 Å². The van der Waals surface area contributed by atoms with Crippen LogP contribution in [-0.2, 0) is 11.3 Å². The van der Waals surface area contributed by atoms with Crippen molar-refractivity contribution >= 4 is 40.6 Å². The van der Waals surface area contributed by atoms with Crippen molar-refractivity contribution in [3.63, 3.8) is 0 Å². The lowest BCUT2D eigenvalue weighted by Crippen LogP contribution is -2.24. The average Bonchev–Trinajstić information content (AvgIpc) is 3.21. The zero-order valence-electron chi connectivity index (χ0n) is 12.9. The Bertz CT molecular complexity index is 844. The Kier molecular flexibility index (Phi) is 5.60. The summed E-state index contributed by atoms with van der Waals surface area (Å²) in [5, 5.41) is 6.45. The number of nitrogens with zero attached hydrogens (tertiary/aromatic N) is 1. The number of hydrogen-bond acceptors (Lipinski definition) is 5. The van der Waals surface area contributed by atoms with Gasteiger partial charge in [0.15, 0.2) is 5.76 Å². The molecule has 1 amide bonds. The molecule has 124 valence electrons. The summed E-state index contributed by atoms with van der Waals surface area (Å²) in [4.78, 5) is 17.2. The molecule has 3 aromatic rings. The van der Waals surface area contributed by atoms with Crippen molar-refractivity contribution in [1.29, 1.82) is 0 Å². The van der Waals surface area contributed by atoms with Crippen molar-refractivity contribution in [2.75, 3.05) is 5.75 Å². The van der Waals surface area contributed by atoms with Crippen LogP contribution in [0.3, 0.4) is 0 Å². The van der Waals surface area contributed by atoms with Crippen molar-refractivity contribution in [3.8, 4) is 11.5 Å². The van der Waals surface area contributed by atoms with E-state index < -0.39 is 0 Å². The SMILES string of the molecule is Cc1nc(-c2ccc(CNC(=O)CSc3ccccc3Cl)o2)cs1. The molecule has 0 unspecified atom stereocenters. The van der Waals surface area contributed by atoms with Gasteiger partial charge in [-0.05, 0) is 31.2 Å². The molecule has 4 nitrogen and oxygen atoms in total. The molecule has 2 aromatic heterocycles. The Labute approximate surface area is 153 Å². The molecule has 0 saturated heterocycles. The van der Waals surface area contributed by atoms with Gasteiger partial charge in [0, 0.05) is 10.3 Å². The van der Waals surface area contributed by atoms with Crippen LogP contribution in [0.5, 0.6) is 0 Å². The molecule has 0 saturated carbocycles. The minimum absolute atomic E-state index is 0.0672. The molecule has 7 heteroatoms. The van der Waals surface area contributed by atoms with Gasteiger partial charge in [-0.3, -0.25) is 4.79 Å². The first-order valence-electron chi connectivity index (χ1n) is 7.27. The minimum Gasteiger partial charge on any atom is -0.458 e. The lowest BCUT2D eigenvalue weighted by atomic mass is 10.3. The molecular weight excluding hydrogens is 364 g/mol. The number of amides is 1. The lowest BCUT2D eigenvalue weighted by Gasteiger charge is -2.05. The molecule has 1 aromatic carbocycles. The second-order valence-electron chi connectivity index (χ2n) is 5.01. The summed E-state index contributed by atoms with van der Waals surface area (Å²) in [5.74, 6) is 1.66. The quantitative estimate of drug-likeness (QED) is 0.627. The lowest BCUT2D eigenvalue weighted by molar-refractivity contribution is -0.118. The van der Waals surface area contributed by atoms with Crippen LogP contribution in [0.4, 0.5) is 0 Å². The second-order valence-corrected chi connectivity index (χ2v) is 7.50. The van der Waals surface area contributed by atoms with Crippen LogP contribution in [0.15, 0.2) is 51.1 Å². The molecule has 0 radical (unpaired) electrons. The number of aryl methyl sites for hydroxylation is 1. The van der Waals surface area contributed by atoms with Crippen molar-refractivity contribution in [2.24, 2.45) is 0 Å². The average molecular weight is 379 g/mol. The highest BCUT2D eigenvalue weighted by atomic mass is 35.5. The molecule has 0 fully saturated rings. The van der Waals surface area contributed by atoms with Gasteiger partial charge in [0.2, 0.25) is 5.91 Å². The van der Waals surface area contributed by atoms with Gasteiger partial charge >= 0.3 is 0 Å². The molecule has 0 aliphatic carbocycles. The number of nitrogens with one attached hydrogen (secondary N) is 1. The summed E-state index contributed by atoms with van der Waals surface area (Å²) < 4.78 is 5.72. The van der Waals surface area contributed by atoms with Gasteiger partial charge in [0.25, 0.3) is 0 Å². The number of rotatable bonds is 6. The highest BCUT2D eigenvalue weighted by Crippen LogP contribution is 2.26. The van der Waals surface area contributed by atoms with Crippen LogP contribution in [-0.4, -0.2) is 16.6 Å². The Balaban J connectivity index is 1.50. The van der Waals surface area contributed by atoms with Crippen molar-refractivity contribution in [3.05, 3.63) is 57.6 Å². The number of furan rings is 1. The van der Waals surface area contributed by atoms with E-state index in [0.717, 1.165) is 15.6 Å². The summed E-state index contributed by atoms with van der Waals surface area (Å²) in [5.41, 5.74) is 0.823. The highest BCUT2D eigenvalue weighted by Gasteiger charge is 2.10. The van der Waals surface area contributed by atoms with Gasteiger partial charge < -0.3 is 9.73 Å². The standard InChI is InChI=1S/C17H15ClN2O2S2/c1-11-20-14(9-23-11)15-7-6-12(22-15)8-19-17(21)10-24-16-5-3-2-4-13(16)18/h2-7,9H,8,10H2,1H3,(H,19,21). The van der Waals surface area contributed by atoms with Crippen LogP contribution in [0.25, 0.3) is 11.5 Å². The smallest absolute Gasteiger partial charge is 0.230 e. The number of thiazole rings is 1. The molecule has 2 heterocycles. The summed E-state index contributed by atoms with van der Waals surface area (Å²) >= 11 is 9.06. The maximum absolute atomic E-state index is 12.0. The highest BCUT2D eigenvalue weighted by molar-refractivity contribution is 8.00. The van der Waals surface area contributed by atoms with Gasteiger partial charge in [0.1, 0.15) is 11.5 Å². The predicted molar refractivity (Wildman–Crippen MR) is 98.6 cm³/mol. The number of carbonyl (C=O) groups is 1. The third kappa shape index (κ3) is 4.41. The van der Waals surface area contributed by atoms with Crippen molar-refractivity contribution < 1.29 is 9.21 Å². The number of aromatic nitrogens is 1. The summed E-state index contributed by atoms with van der Waals surface area (Å²) in [6.07, 6.45) is 0. The van der Waals surface area contributed by atoms with E-state index in [0.29, 0.717) is 28.8 Å². The van der Waals surface area contributed by atoms with Crippen molar-refractivity contribution in [2.45, 2.75) is 18.4 Å². The molecule has 0 atom stereocenters. The number of benzene rings is 1. The third-order valence-electron chi connectivity index (χ3n) is 3.19. The first-order chi connectivity index (χ1) is 11.6. The molecule has 3 rings (SSSR count). The second kappa shape index (κ2) is 7.88. The van der Waals surface area contributed by atoms with E-state index in [4.69, 9.17) is 16.0 Å². The van der Waals surface area contributed by atoms with Crippen LogP contribution < -0.4 is 5.32 Å². The van der Waals surface area contributed by atoms with Gasteiger partial charge in [-0.2, -0.15) is 0 Å². The molecule has 0 aliphatic rings. The zero-order valence-corrected chi connectivity index (χ0v) is 15.3. The van der Waals surface area contributed by atoms with Crippen LogP contribution in [0, 0.1) is 6.92 Å². The number of thioether (sulfide) groups is 1. The fraction of sp³-hybridized carbons (Fsp3) is 0.176. The Morgan fingerprint density at radius 2 is 2.17 bits per heavy atom. The fourth-order valence-corrected chi connectivity index (χ4v) is 3.70. The van der Waals surface area contributed by atoms with Crippen LogP contribution in [0.2, 0.25) is 5.02 Å². The monoisotopic (exact) mass is 378 g/mol. The predicted octanol–water partition coefficient (Wildman–Crippen LogP) is 4.77. The van der Waals surface area contributed by atoms with Crippen molar-refractivity contribution in [1.82, 2.24) is 10.3 Å². The van der Waals surface area contributed by atoms with Gasteiger partial charge in [-0.25, -0.2) is 4.98 Å². The number of carbonyl (C=O) groups excluding carboxylic acids is 1. The summed E-state index contributed by atoms with van der Waals surface area (Å²) in [6.45, 7) is 2.31. The van der Waals surface area contributed by atoms with Crippen LogP contribution >= 0.6 is 34.7 Å². The van der Waals surface area contributed by atoms with E-state index in [2.05, 4.69) is 10.3 Å². The van der Waals surface area contributed by atoms with E-state index in [9.17, 15) is 4.79 Å². The Morgan fingerprint density at radius 1 is 1.33 bits per heavy atom. The van der Waals surface area contributed by atoms with E-state index in [1.54, 1.807) is 11.3 Å². The minimum atomic E-state index is -0.0672. The first kappa shape index (κ1) is 17.1. The van der Waals surface area contributed by atoms with Gasteiger partial charge in [0.05, 0.1) is 22.3 Å². The molecule has 1 N–H and O–H groups in total. The normalized spacial score (nSPS) is 10.8. The summed E-state index contributed by atoms with van der Waals surface area (Å²) in [7, 11) is 0. The number of hydrogen-bond donors (Lipinski definition) is 1. The molecule has 0 bridgehead atoms. The van der Waals surface area contributed by atoms with E-state index in [1.165, 1.54) is 11.8 Å². The first-order valence-corrected chi connectivity index (χ1v) is 9.51. The van der Waals surface area contributed by atoms with E-state index in [-0.39, 0.29) is 5.91 Å². The van der Waals surface area contributed by atoms with E-state index >= 15 is 0 Å². The number of halogens is 1.